The molecule has 0 radical (unpaired) electrons. The van der Waals surface area contributed by atoms with Crippen LogP contribution < -0.4 is 9.62 Å². The smallest absolute Gasteiger partial charge is 0.262 e. The Bertz CT molecular complexity index is 446. The average Bonchev–Trinajstić information content (AvgIpc) is 2.17. The standard InChI is InChI=1S/C8H10ClNO4S/c1-13-8-4-3-6(5-7(8)9)15(11,12)10-14-2/h3-5,10H,1-2H3. The van der Waals surface area contributed by atoms with E-state index in [1.807, 2.05) is 4.89 Å². The molecule has 0 saturated heterocycles. The number of ether oxygens (including phenoxy) is 1. The van der Waals surface area contributed by atoms with Gasteiger partial charge in [0.15, 0.2) is 0 Å². The van der Waals surface area contributed by atoms with Crippen LogP contribution in [0.25, 0.3) is 0 Å². The SMILES string of the molecule is CONS(=O)(=O)c1ccc(OC)c(Cl)c1. The third-order valence-electron chi connectivity index (χ3n) is 1.63. The molecular weight excluding hydrogens is 242 g/mol. The van der Waals surface area contributed by atoms with E-state index >= 15 is 0 Å². The molecule has 0 aliphatic heterocycles. The van der Waals surface area contributed by atoms with E-state index in [2.05, 4.69) is 4.84 Å². The van der Waals surface area contributed by atoms with Crippen LogP contribution in [0.1, 0.15) is 0 Å². The number of benzene rings is 1. The third-order valence-corrected chi connectivity index (χ3v) is 3.18. The van der Waals surface area contributed by atoms with Crippen LogP contribution in [0.5, 0.6) is 5.75 Å². The summed E-state index contributed by atoms with van der Waals surface area (Å²) < 4.78 is 27.8. The number of hydrogen-bond donors (Lipinski definition) is 1. The second-order valence-corrected chi connectivity index (χ2v) is 4.64. The van der Waals surface area contributed by atoms with Gasteiger partial charge in [0.05, 0.1) is 24.1 Å². The highest BCUT2D eigenvalue weighted by atomic mass is 35.5. The largest absolute Gasteiger partial charge is 0.495 e. The maximum atomic E-state index is 11.4. The topological polar surface area (TPSA) is 64.6 Å². The van der Waals surface area contributed by atoms with Gasteiger partial charge in [0.1, 0.15) is 5.75 Å². The molecule has 0 amide bonds. The van der Waals surface area contributed by atoms with E-state index < -0.39 is 10.0 Å². The van der Waals surface area contributed by atoms with Crippen molar-refractivity contribution in [3.8, 4) is 5.75 Å². The van der Waals surface area contributed by atoms with Crippen LogP contribution in [-0.4, -0.2) is 22.6 Å². The summed E-state index contributed by atoms with van der Waals surface area (Å²) in [4.78, 5) is 6.23. The molecule has 0 atom stereocenters. The van der Waals surface area contributed by atoms with E-state index in [-0.39, 0.29) is 9.92 Å². The average molecular weight is 252 g/mol. The highest BCUT2D eigenvalue weighted by Gasteiger charge is 2.15. The molecule has 0 fully saturated rings. The monoisotopic (exact) mass is 251 g/mol. The van der Waals surface area contributed by atoms with Crippen molar-refractivity contribution >= 4 is 21.6 Å². The van der Waals surface area contributed by atoms with Crippen molar-refractivity contribution in [2.24, 2.45) is 0 Å². The highest BCUT2D eigenvalue weighted by molar-refractivity contribution is 7.89. The van der Waals surface area contributed by atoms with E-state index in [4.69, 9.17) is 16.3 Å². The van der Waals surface area contributed by atoms with Crippen LogP contribution >= 0.6 is 11.6 Å². The maximum absolute atomic E-state index is 11.4. The Balaban J connectivity index is 3.13. The summed E-state index contributed by atoms with van der Waals surface area (Å²) in [6.07, 6.45) is 0. The van der Waals surface area contributed by atoms with Crippen molar-refractivity contribution in [2.45, 2.75) is 4.90 Å². The molecule has 0 spiro atoms. The van der Waals surface area contributed by atoms with Crippen LogP contribution in [0, 0.1) is 0 Å². The van der Waals surface area contributed by atoms with Crippen molar-refractivity contribution < 1.29 is 18.0 Å². The van der Waals surface area contributed by atoms with E-state index in [0.717, 1.165) is 0 Å². The molecule has 5 nitrogen and oxygen atoms in total. The number of halogens is 1. The number of sulfonamides is 1. The fourth-order valence-electron chi connectivity index (χ4n) is 0.972. The van der Waals surface area contributed by atoms with Crippen molar-refractivity contribution in [3.05, 3.63) is 23.2 Å². The van der Waals surface area contributed by atoms with Crippen LogP contribution in [0.2, 0.25) is 5.02 Å². The first-order valence-electron chi connectivity index (χ1n) is 3.89. The molecule has 84 valence electrons. The van der Waals surface area contributed by atoms with Crippen LogP contribution in [0.15, 0.2) is 23.1 Å². The molecule has 1 rings (SSSR count). The lowest BCUT2D eigenvalue weighted by Crippen LogP contribution is -2.22. The Hall–Kier alpha value is -0.820. The van der Waals surface area contributed by atoms with Gasteiger partial charge in [-0.15, -0.1) is 0 Å². The summed E-state index contributed by atoms with van der Waals surface area (Å²) in [5.41, 5.74) is 0. The predicted octanol–water partition coefficient (Wildman–Crippen LogP) is 1.19. The molecule has 0 aliphatic rings. The van der Waals surface area contributed by atoms with Gasteiger partial charge in [-0.2, -0.15) is 0 Å². The molecule has 0 aliphatic carbocycles. The molecule has 0 aromatic heterocycles. The summed E-state index contributed by atoms with van der Waals surface area (Å²) in [5, 5.41) is 0.219. The molecule has 0 bridgehead atoms. The molecule has 0 unspecified atom stereocenters. The minimum Gasteiger partial charge on any atom is -0.495 e. The normalized spacial score (nSPS) is 11.4. The van der Waals surface area contributed by atoms with Crippen LogP contribution in [0.3, 0.4) is 0 Å². The summed E-state index contributed by atoms with van der Waals surface area (Å²) in [5.74, 6) is 0.410. The van der Waals surface area contributed by atoms with Gasteiger partial charge in [0.25, 0.3) is 10.0 Å². The van der Waals surface area contributed by atoms with E-state index in [0.29, 0.717) is 5.75 Å². The lowest BCUT2D eigenvalue weighted by Gasteiger charge is -2.06. The molecule has 1 aromatic carbocycles. The zero-order valence-electron chi connectivity index (χ0n) is 8.15. The van der Waals surface area contributed by atoms with Crippen molar-refractivity contribution in [2.75, 3.05) is 14.2 Å². The molecule has 1 aromatic rings. The Morgan fingerprint density at radius 3 is 2.47 bits per heavy atom. The summed E-state index contributed by atoms with van der Waals surface area (Å²) in [7, 11) is -1.01. The second kappa shape index (κ2) is 4.80. The Kier molecular flexibility index (Phi) is 3.92. The Morgan fingerprint density at radius 2 is 2.00 bits per heavy atom. The minimum atomic E-state index is -3.67. The maximum Gasteiger partial charge on any atom is 0.262 e. The van der Waals surface area contributed by atoms with Gasteiger partial charge in [0, 0.05) is 0 Å². The fraction of sp³-hybridized carbons (Fsp3) is 0.250. The summed E-state index contributed by atoms with van der Waals surface area (Å²) >= 11 is 5.78. The first-order chi connectivity index (χ1) is 7.01. The first kappa shape index (κ1) is 12.3. The molecule has 0 saturated carbocycles. The Morgan fingerprint density at radius 1 is 1.33 bits per heavy atom. The lowest BCUT2D eigenvalue weighted by molar-refractivity contribution is 0.153. The van der Waals surface area contributed by atoms with E-state index in [9.17, 15) is 8.42 Å². The highest BCUT2D eigenvalue weighted by Crippen LogP contribution is 2.26. The van der Waals surface area contributed by atoms with Crippen molar-refractivity contribution in [3.63, 3.8) is 0 Å². The van der Waals surface area contributed by atoms with Crippen molar-refractivity contribution in [1.29, 1.82) is 0 Å². The minimum absolute atomic E-state index is 0.00940. The number of methoxy groups -OCH3 is 1. The second-order valence-electron chi connectivity index (χ2n) is 2.59. The van der Waals surface area contributed by atoms with Gasteiger partial charge >= 0.3 is 0 Å². The molecule has 15 heavy (non-hydrogen) atoms. The number of rotatable bonds is 4. The van der Waals surface area contributed by atoms with E-state index in [1.54, 1.807) is 0 Å². The van der Waals surface area contributed by atoms with Gasteiger partial charge in [0.2, 0.25) is 0 Å². The van der Waals surface area contributed by atoms with Gasteiger partial charge in [-0.3, -0.25) is 4.84 Å². The fourth-order valence-corrected chi connectivity index (χ4v) is 2.13. The first-order valence-corrected chi connectivity index (χ1v) is 5.75. The van der Waals surface area contributed by atoms with Gasteiger partial charge in [-0.05, 0) is 18.2 Å². The number of hydrogen-bond acceptors (Lipinski definition) is 4. The predicted molar refractivity (Wildman–Crippen MR) is 55.3 cm³/mol. The molecule has 7 heteroatoms. The van der Waals surface area contributed by atoms with Gasteiger partial charge in [-0.25, -0.2) is 8.42 Å². The zero-order chi connectivity index (χ0) is 11.5. The zero-order valence-corrected chi connectivity index (χ0v) is 9.72. The molecular formula is C8H10ClNO4S. The van der Waals surface area contributed by atoms with Crippen LogP contribution in [0.4, 0.5) is 0 Å². The van der Waals surface area contributed by atoms with E-state index in [1.165, 1.54) is 32.4 Å². The van der Waals surface area contributed by atoms with Gasteiger partial charge < -0.3 is 4.74 Å². The Labute approximate surface area is 93.0 Å². The van der Waals surface area contributed by atoms with Crippen LogP contribution in [-0.2, 0) is 14.9 Å². The third kappa shape index (κ3) is 2.82. The quantitative estimate of drug-likeness (QED) is 0.817. The van der Waals surface area contributed by atoms with Gasteiger partial charge in [-0.1, -0.05) is 16.5 Å². The summed E-state index contributed by atoms with van der Waals surface area (Å²) in [6.45, 7) is 0. The number of nitrogens with one attached hydrogen (secondary N) is 1. The molecule has 1 N–H and O–H groups in total. The molecule has 0 heterocycles. The van der Waals surface area contributed by atoms with Crippen molar-refractivity contribution in [1.82, 2.24) is 4.89 Å². The lowest BCUT2D eigenvalue weighted by atomic mass is 10.3. The summed E-state index contributed by atoms with van der Waals surface area (Å²) in [6, 6.07) is 4.11.